The number of carbonyl (C=O) groups excluding carboxylic acids is 2. The van der Waals surface area contributed by atoms with Crippen LogP contribution in [0.15, 0.2) is 63.4 Å². The average Bonchev–Trinajstić information content (AvgIpc) is 3.33. The van der Waals surface area contributed by atoms with Crippen molar-refractivity contribution in [2.45, 2.75) is 17.9 Å². The summed E-state index contributed by atoms with van der Waals surface area (Å²) in [6, 6.07) is 9.81. The smallest absolute Gasteiger partial charge is 0.300 e. The minimum absolute atomic E-state index is 0.000788. The fourth-order valence-electron chi connectivity index (χ4n) is 3.85. The van der Waals surface area contributed by atoms with Crippen LogP contribution in [-0.4, -0.2) is 32.3 Å². The number of aliphatic hydroxyl groups excluding tert-OH is 1. The second kappa shape index (κ2) is 9.04. The number of methoxy groups -OCH3 is 1. The third-order valence-electron chi connectivity index (χ3n) is 5.39. The van der Waals surface area contributed by atoms with E-state index in [9.17, 15) is 23.1 Å². The number of sulfonamides is 1. The highest BCUT2D eigenvalue weighted by molar-refractivity contribution is 7.89. The molecular formula is C23H18Cl2N2O7S. The Labute approximate surface area is 210 Å². The van der Waals surface area contributed by atoms with Gasteiger partial charge in [0.05, 0.1) is 28.2 Å². The zero-order chi connectivity index (χ0) is 25.7. The number of hydrogen-bond donors (Lipinski definition) is 2. The minimum Gasteiger partial charge on any atom is -0.507 e. The van der Waals surface area contributed by atoms with Crippen LogP contribution in [0.25, 0.3) is 5.76 Å². The van der Waals surface area contributed by atoms with Gasteiger partial charge in [0.25, 0.3) is 11.7 Å². The number of halogens is 2. The molecule has 3 N–H and O–H groups in total. The van der Waals surface area contributed by atoms with E-state index in [0.717, 1.165) is 4.90 Å². The molecule has 0 aliphatic carbocycles. The molecule has 2 heterocycles. The molecule has 12 heteroatoms. The zero-order valence-electron chi connectivity index (χ0n) is 18.3. The van der Waals surface area contributed by atoms with Crippen LogP contribution in [-0.2, 0) is 19.6 Å². The first-order valence-corrected chi connectivity index (χ1v) is 12.3. The molecule has 182 valence electrons. The third-order valence-corrected chi connectivity index (χ3v) is 6.81. The van der Waals surface area contributed by atoms with Crippen molar-refractivity contribution in [2.75, 3.05) is 12.0 Å². The number of anilines is 1. The highest BCUT2D eigenvalue weighted by Crippen LogP contribution is 2.45. The van der Waals surface area contributed by atoms with Crippen molar-refractivity contribution < 1.29 is 32.3 Å². The summed E-state index contributed by atoms with van der Waals surface area (Å²) in [6.07, 6.45) is 0. The number of amides is 1. The molecule has 35 heavy (non-hydrogen) atoms. The van der Waals surface area contributed by atoms with Gasteiger partial charge in [0.15, 0.2) is 0 Å². The molecular weight excluding hydrogens is 519 g/mol. The number of nitrogens with zero attached hydrogens (tertiary/aromatic N) is 1. The van der Waals surface area contributed by atoms with E-state index in [4.69, 9.17) is 37.5 Å². The summed E-state index contributed by atoms with van der Waals surface area (Å²) in [5, 5.41) is 16.7. The monoisotopic (exact) mass is 536 g/mol. The van der Waals surface area contributed by atoms with Crippen LogP contribution in [0, 0.1) is 6.92 Å². The number of ketones is 1. The van der Waals surface area contributed by atoms with Gasteiger partial charge in [-0.05, 0) is 55.5 Å². The highest BCUT2D eigenvalue weighted by Gasteiger charge is 2.48. The Bertz CT molecular complexity index is 1490. The lowest BCUT2D eigenvalue weighted by Crippen LogP contribution is -2.29. The number of carbonyl (C=O) groups is 2. The van der Waals surface area contributed by atoms with Crippen molar-refractivity contribution in [1.29, 1.82) is 0 Å². The first kappa shape index (κ1) is 24.8. The molecule has 3 aromatic rings. The molecule has 1 saturated heterocycles. The van der Waals surface area contributed by atoms with E-state index in [0.29, 0.717) is 5.76 Å². The van der Waals surface area contributed by atoms with Crippen molar-refractivity contribution in [3.05, 3.63) is 81.2 Å². The van der Waals surface area contributed by atoms with Gasteiger partial charge < -0.3 is 14.3 Å². The topological polar surface area (TPSA) is 140 Å². The molecule has 1 atom stereocenters. The van der Waals surface area contributed by atoms with Crippen molar-refractivity contribution in [3.8, 4) is 5.75 Å². The number of benzene rings is 2. The first-order valence-electron chi connectivity index (χ1n) is 9.97. The van der Waals surface area contributed by atoms with E-state index in [-0.39, 0.29) is 43.3 Å². The lowest BCUT2D eigenvalue weighted by molar-refractivity contribution is -0.132. The van der Waals surface area contributed by atoms with Crippen molar-refractivity contribution in [2.24, 2.45) is 5.14 Å². The number of ether oxygens (including phenoxy) is 1. The summed E-state index contributed by atoms with van der Waals surface area (Å²) in [5.41, 5.74) is -0.119. The van der Waals surface area contributed by atoms with Gasteiger partial charge in [0, 0.05) is 10.7 Å². The van der Waals surface area contributed by atoms with Gasteiger partial charge >= 0.3 is 0 Å². The molecule has 1 amide bonds. The van der Waals surface area contributed by atoms with Gasteiger partial charge in [-0.3, -0.25) is 14.5 Å². The quantitative estimate of drug-likeness (QED) is 0.283. The first-order chi connectivity index (χ1) is 16.4. The van der Waals surface area contributed by atoms with Gasteiger partial charge in [0.1, 0.15) is 29.1 Å². The van der Waals surface area contributed by atoms with E-state index in [2.05, 4.69) is 0 Å². The second-order valence-electron chi connectivity index (χ2n) is 7.62. The lowest BCUT2D eigenvalue weighted by atomic mass is 9.98. The molecule has 0 bridgehead atoms. The summed E-state index contributed by atoms with van der Waals surface area (Å²) in [6.45, 7) is 1.68. The molecule has 1 fully saturated rings. The summed E-state index contributed by atoms with van der Waals surface area (Å²) in [7, 11) is -2.66. The van der Waals surface area contributed by atoms with Gasteiger partial charge in [0.2, 0.25) is 10.0 Å². The molecule has 1 aliphatic rings. The van der Waals surface area contributed by atoms with Gasteiger partial charge in [-0.25, -0.2) is 13.6 Å². The molecule has 0 radical (unpaired) electrons. The van der Waals surface area contributed by atoms with E-state index in [1.54, 1.807) is 19.1 Å². The van der Waals surface area contributed by atoms with Crippen molar-refractivity contribution in [3.63, 3.8) is 0 Å². The molecule has 0 spiro atoms. The van der Waals surface area contributed by atoms with Crippen LogP contribution in [0.5, 0.6) is 5.75 Å². The third kappa shape index (κ3) is 4.41. The maximum absolute atomic E-state index is 13.2. The largest absolute Gasteiger partial charge is 0.507 e. The predicted molar refractivity (Wildman–Crippen MR) is 129 cm³/mol. The van der Waals surface area contributed by atoms with E-state index < -0.39 is 33.5 Å². The maximum atomic E-state index is 13.2. The van der Waals surface area contributed by atoms with Gasteiger partial charge in [-0.2, -0.15) is 0 Å². The maximum Gasteiger partial charge on any atom is 0.300 e. The Balaban J connectivity index is 1.96. The van der Waals surface area contributed by atoms with Crippen LogP contribution >= 0.6 is 23.2 Å². The van der Waals surface area contributed by atoms with Crippen LogP contribution < -0.4 is 14.8 Å². The van der Waals surface area contributed by atoms with Crippen LogP contribution in [0.3, 0.4) is 0 Å². The Morgan fingerprint density at radius 2 is 1.77 bits per heavy atom. The van der Waals surface area contributed by atoms with E-state index in [1.165, 1.54) is 43.5 Å². The highest BCUT2D eigenvalue weighted by atomic mass is 35.5. The molecule has 9 nitrogen and oxygen atoms in total. The molecule has 1 unspecified atom stereocenters. The number of Topliss-reactive ketones (excluding diaryl/α,β-unsaturated/α-hetero) is 1. The normalized spacial score (nSPS) is 17.7. The molecule has 1 aliphatic heterocycles. The summed E-state index contributed by atoms with van der Waals surface area (Å²) < 4.78 is 34.3. The SMILES string of the molecule is COc1c(Cl)cc(Cl)cc1/C(O)=C1\C(=O)C(=O)N(c2ccc(S(N)(=O)=O)cc2)C1c1ccc(C)o1. The number of aryl methyl sites for hydroxylation is 1. The molecule has 1 aromatic heterocycles. The summed E-state index contributed by atoms with van der Waals surface area (Å²) >= 11 is 12.3. The minimum atomic E-state index is -3.98. The average molecular weight is 537 g/mol. The molecule has 4 rings (SSSR count). The fourth-order valence-corrected chi connectivity index (χ4v) is 4.94. The van der Waals surface area contributed by atoms with Crippen molar-refractivity contribution >= 4 is 56.4 Å². The van der Waals surface area contributed by atoms with Crippen LogP contribution in [0.4, 0.5) is 5.69 Å². The predicted octanol–water partition coefficient (Wildman–Crippen LogP) is 4.18. The number of aliphatic hydroxyl groups is 1. The Hall–Kier alpha value is -3.31. The van der Waals surface area contributed by atoms with Crippen LogP contribution in [0.2, 0.25) is 10.0 Å². The number of hydrogen-bond acceptors (Lipinski definition) is 7. The molecule has 0 saturated carbocycles. The Morgan fingerprint density at radius 3 is 2.31 bits per heavy atom. The van der Waals surface area contributed by atoms with E-state index in [1.807, 2.05) is 0 Å². The van der Waals surface area contributed by atoms with Gasteiger partial charge in [-0.1, -0.05) is 23.2 Å². The number of nitrogens with two attached hydrogens (primary N) is 1. The number of furan rings is 1. The van der Waals surface area contributed by atoms with Crippen molar-refractivity contribution in [1.82, 2.24) is 0 Å². The molecule has 2 aromatic carbocycles. The van der Waals surface area contributed by atoms with E-state index >= 15 is 0 Å². The number of rotatable bonds is 5. The second-order valence-corrected chi connectivity index (χ2v) is 10.0. The number of primary sulfonamides is 1. The Morgan fingerprint density at radius 1 is 1.11 bits per heavy atom. The zero-order valence-corrected chi connectivity index (χ0v) is 20.6. The summed E-state index contributed by atoms with van der Waals surface area (Å²) in [4.78, 5) is 27.3. The Kier molecular flexibility index (Phi) is 6.41. The summed E-state index contributed by atoms with van der Waals surface area (Å²) in [5.74, 6) is -1.82. The van der Waals surface area contributed by atoms with Gasteiger partial charge in [-0.15, -0.1) is 0 Å². The fraction of sp³-hybridized carbons (Fsp3) is 0.130. The standard InChI is InChI=1S/C23H18Cl2N2O7S/c1-11-3-8-17(34-11)19-18(20(28)15-9-12(24)10-16(25)22(15)33-2)21(29)23(30)27(19)13-4-6-14(7-5-13)35(26,31)32/h3-10,19,28H,1-2H3,(H2,26,31,32)/b20-18+. The van der Waals surface area contributed by atoms with Crippen LogP contribution in [0.1, 0.15) is 23.1 Å². The lowest BCUT2D eigenvalue weighted by Gasteiger charge is -2.23.